The van der Waals surface area contributed by atoms with E-state index in [0.717, 1.165) is 24.7 Å². The Morgan fingerprint density at radius 2 is 1.93 bits per heavy atom. The SMILES string of the molecule is CCc1nncn1CCN=C(NC(C)CC)NC(C)c1cccc(C(F)(F)F)c1.I. The van der Waals surface area contributed by atoms with Crippen molar-refractivity contribution in [3.63, 3.8) is 0 Å². The second-order valence-electron chi connectivity index (χ2n) is 6.97. The molecule has 0 radical (unpaired) electrons. The molecule has 6 nitrogen and oxygen atoms in total. The second kappa shape index (κ2) is 12.1. The Labute approximate surface area is 192 Å². The molecule has 0 amide bonds. The topological polar surface area (TPSA) is 67.1 Å². The molecule has 10 heteroatoms. The number of halogens is 4. The van der Waals surface area contributed by atoms with Gasteiger partial charge in [-0.3, -0.25) is 4.99 Å². The van der Waals surface area contributed by atoms with Crippen LogP contribution in [0.15, 0.2) is 35.6 Å². The molecule has 2 N–H and O–H groups in total. The van der Waals surface area contributed by atoms with Crippen molar-refractivity contribution in [3.8, 4) is 0 Å². The van der Waals surface area contributed by atoms with Gasteiger partial charge in [-0.05, 0) is 38.0 Å². The first-order chi connectivity index (χ1) is 13.7. The first-order valence-electron chi connectivity index (χ1n) is 9.85. The van der Waals surface area contributed by atoms with E-state index in [0.29, 0.717) is 24.6 Å². The molecule has 0 fully saturated rings. The average Bonchev–Trinajstić information content (AvgIpc) is 3.14. The van der Waals surface area contributed by atoms with Gasteiger partial charge in [-0.1, -0.05) is 26.0 Å². The van der Waals surface area contributed by atoms with Crippen molar-refractivity contribution in [2.45, 2.75) is 65.3 Å². The monoisotopic (exact) mass is 538 g/mol. The van der Waals surface area contributed by atoms with Gasteiger partial charge in [0.2, 0.25) is 0 Å². The molecule has 0 saturated heterocycles. The van der Waals surface area contributed by atoms with Gasteiger partial charge in [0.25, 0.3) is 0 Å². The summed E-state index contributed by atoms with van der Waals surface area (Å²) in [6.45, 7) is 9.03. The van der Waals surface area contributed by atoms with Gasteiger partial charge in [-0.25, -0.2) is 0 Å². The zero-order valence-electron chi connectivity index (χ0n) is 17.7. The number of benzene rings is 1. The molecule has 0 saturated carbocycles. The van der Waals surface area contributed by atoms with E-state index in [1.807, 2.05) is 25.3 Å². The maximum Gasteiger partial charge on any atom is 0.416 e. The van der Waals surface area contributed by atoms with Gasteiger partial charge in [0.05, 0.1) is 18.2 Å². The van der Waals surface area contributed by atoms with Crippen LogP contribution in [0.2, 0.25) is 0 Å². The maximum absolute atomic E-state index is 13.0. The molecule has 168 valence electrons. The summed E-state index contributed by atoms with van der Waals surface area (Å²) >= 11 is 0. The van der Waals surface area contributed by atoms with Crippen LogP contribution < -0.4 is 10.6 Å². The van der Waals surface area contributed by atoms with Crippen LogP contribution in [0, 0.1) is 0 Å². The van der Waals surface area contributed by atoms with Crippen molar-refractivity contribution in [3.05, 3.63) is 47.5 Å². The molecule has 2 rings (SSSR count). The number of aryl methyl sites for hydroxylation is 1. The van der Waals surface area contributed by atoms with E-state index in [2.05, 4.69) is 32.7 Å². The van der Waals surface area contributed by atoms with Gasteiger partial charge in [0.15, 0.2) is 5.96 Å². The number of hydrogen-bond donors (Lipinski definition) is 2. The highest BCUT2D eigenvalue weighted by molar-refractivity contribution is 14.0. The third-order valence-electron chi connectivity index (χ3n) is 4.69. The summed E-state index contributed by atoms with van der Waals surface area (Å²) in [4.78, 5) is 4.59. The minimum atomic E-state index is -4.36. The molecule has 1 aromatic heterocycles. The van der Waals surface area contributed by atoms with Crippen molar-refractivity contribution in [1.29, 1.82) is 0 Å². The van der Waals surface area contributed by atoms with Crippen LogP contribution >= 0.6 is 24.0 Å². The quantitative estimate of drug-likeness (QED) is 0.294. The molecule has 0 bridgehead atoms. The number of hydrogen-bond acceptors (Lipinski definition) is 3. The molecule has 0 aliphatic heterocycles. The summed E-state index contributed by atoms with van der Waals surface area (Å²) in [5.41, 5.74) is -0.109. The van der Waals surface area contributed by atoms with E-state index < -0.39 is 11.7 Å². The summed E-state index contributed by atoms with van der Waals surface area (Å²) in [6.07, 6.45) is -1.01. The highest BCUT2D eigenvalue weighted by Gasteiger charge is 2.30. The third kappa shape index (κ3) is 7.77. The molecule has 2 unspecified atom stereocenters. The fraction of sp³-hybridized carbons (Fsp3) is 0.550. The van der Waals surface area contributed by atoms with Crippen LogP contribution in [0.25, 0.3) is 0 Å². The van der Waals surface area contributed by atoms with E-state index in [1.165, 1.54) is 12.1 Å². The van der Waals surface area contributed by atoms with E-state index >= 15 is 0 Å². The zero-order chi connectivity index (χ0) is 21.4. The van der Waals surface area contributed by atoms with Crippen LogP contribution in [0.1, 0.15) is 57.1 Å². The summed E-state index contributed by atoms with van der Waals surface area (Å²) in [5, 5.41) is 14.5. The van der Waals surface area contributed by atoms with E-state index in [-0.39, 0.29) is 36.1 Å². The Hall–Kier alpha value is -1.85. The normalized spacial score (nSPS) is 14.0. The lowest BCUT2D eigenvalue weighted by Crippen LogP contribution is -2.43. The average molecular weight is 538 g/mol. The smallest absolute Gasteiger partial charge is 0.354 e. The highest BCUT2D eigenvalue weighted by Crippen LogP contribution is 2.30. The fourth-order valence-electron chi connectivity index (χ4n) is 2.75. The number of alkyl halides is 3. The predicted octanol–water partition coefficient (Wildman–Crippen LogP) is 4.57. The van der Waals surface area contributed by atoms with Crippen molar-refractivity contribution in [1.82, 2.24) is 25.4 Å². The lowest BCUT2D eigenvalue weighted by molar-refractivity contribution is -0.137. The maximum atomic E-state index is 13.0. The largest absolute Gasteiger partial charge is 0.416 e. The molecule has 2 aromatic rings. The van der Waals surface area contributed by atoms with Crippen LogP contribution in [0.4, 0.5) is 13.2 Å². The number of aromatic nitrogens is 3. The summed E-state index contributed by atoms with van der Waals surface area (Å²) < 4.78 is 41.0. The fourth-order valence-corrected chi connectivity index (χ4v) is 2.75. The van der Waals surface area contributed by atoms with Gasteiger partial charge in [-0.2, -0.15) is 13.2 Å². The molecule has 0 aliphatic rings. The second-order valence-corrected chi connectivity index (χ2v) is 6.97. The van der Waals surface area contributed by atoms with Crippen LogP contribution in [0.5, 0.6) is 0 Å². The van der Waals surface area contributed by atoms with Crippen LogP contribution in [-0.2, 0) is 19.1 Å². The molecule has 30 heavy (non-hydrogen) atoms. The molecular weight excluding hydrogens is 508 g/mol. The Morgan fingerprint density at radius 3 is 2.57 bits per heavy atom. The first-order valence-corrected chi connectivity index (χ1v) is 9.85. The van der Waals surface area contributed by atoms with Crippen LogP contribution in [-0.4, -0.2) is 33.3 Å². The van der Waals surface area contributed by atoms with Crippen molar-refractivity contribution >= 4 is 29.9 Å². The van der Waals surface area contributed by atoms with Crippen LogP contribution in [0.3, 0.4) is 0 Å². The van der Waals surface area contributed by atoms with E-state index in [9.17, 15) is 13.2 Å². The molecule has 1 aromatic carbocycles. The summed E-state index contributed by atoms with van der Waals surface area (Å²) in [5.74, 6) is 1.46. The van der Waals surface area contributed by atoms with Gasteiger partial charge in [-0.15, -0.1) is 34.2 Å². The number of rotatable bonds is 8. The number of nitrogens with one attached hydrogen (secondary N) is 2. The Balaban J connectivity index is 0.00000450. The minimum Gasteiger partial charge on any atom is -0.354 e. The first kappa shape index (κ1) is 26.2. The molecule has 1 heterocycles. The Bertz CT molecular complexity index is 806. The standard InChI is InChI=1S/C20H29F3N6.HI/c1-5-14(3)26-19(24-10-11-29-13-25-28-18(29)6-2)27-15(4)16-8-7-9-17(12-16)20(21,22)23;/h7-9,12-15H,5-6,10-11H2,1-4H3,(H2,24,26,27);1H. The molecule has 2 atom stereocenters. The predicted molar refractivity (Wildman–Crippen MR) is 123 cm³/mol. The zero-order valence-corrected chi connectivity index (χ0v) is 20.0. The Morgan fingerprint density at radius 1 is 1.20 bits per heavy atom. The van der Waals surface area contributed by atoms with Gasteiger partial charge in [0, 0.05) is 19.0 Å². The van der Waals surface area contributed by atoms with Crippen molar-refractivity contribution in [2.24, 2.45) is 4.99 Å². The van der Waals surface area contributed by atoms with Crippen molar-refractivity contribution < 1.29 is 13.2 Å². The van der Waals surface area contributed by atoms with Gasteiger partial charge < -0.3 is 15.2 Å². The van der Waals surface area contributed by atoms with Gasteiger partial charge >= 0.3 is 6.18 Å². The number of nitrogens with zero attached hydrogens (tertiary/aromatic N) is 4. The minimum absolute atomic E-state index is 0. The van der Waals surface area contributed by atoms with E-state index in [4.69, 9.17) is 0 Å². The van der Waals surface area contributed by atoms with Gasteiger partial charge in [0.1, 0.15) is 12.2 Å². The summed E-state index contributed by atoms with van der Waals surface area (Å²) in [7, 11) is 0. The molecule has 0 aliphatic carbocycles. The molecular formula is C20H30F3IN6. The third-order valence-corrected chi connectivity index (χ3v) is 4.69. The lowest BCUT2D eigenvalue weighted by atomic mass is 10.1. The summed E-state index contributed by atoms with van der Waals surface area (Å²) in [6, 6.07) is 5.19. The lowest BCUT2D eigenvalue weighted by Gasteiger charge is -2.22. The molecule has 0 spiro atoms. The Kier molecular flexibility index (Phi) is 10.6. The van der Waals surface area contributed by atoms with Crippen molar-refractivity contribution in [2.75, 3.05) is 6.54 Å². The van der Waals surface area contributed by atoms with E-state index in [1.54, 1.807) is 12.4 Å². The highest BCUT2D eigenvalue weighted by atomic mass is 127. The number of aliphatic imine (C=N–C) groups is 1. The number of guanidine groups is 1.